The van der Waals surface area contributed by atoms with Gasteiger partial charge in [0.15, 0.2) is 0 Å². The maximum absolute atomic E-state index is 11.5. The molecule has 0 aromatic carbocycles. The van der Waals surface area contributed by atoms with E-state index in [0.29, 0.717) is 12.5 Å². The Morgan fingerprint density at radius 3 is 3.00 bits per heavy atom. The third-order valence-corrected chi connectivity index (χ3v) is 2.63. The lowest BCUT2D eigenvalue weighted by Crippen LogP contribution is -2.33. The number of carbonyl (C=O) groups is 1. The minimum absolute atomic E-state index is 0.0983. The monoisotopic (exact) mass is 193 g/mol. The Kier molecular flexibility index (Phi) is 2.81. The summed E-state index contributed by atoms with van der Waals surface area (Å²) in [5.41, 5.74) is 0.875. The van der Waals surface area contributed by atoms with E-state index in [1.54, 1.807) is 12.5 Å². The number of aromatic nitrogens is 2. The molecule has 4 nitrogen and oxygen atoms in total. The molecular weight excluding hydrogens is 178 g/mol. The van der Waals surface area contributed by atoms with Crippen LogP contribution in [0, 0.1) is 0 Å². The van der Waals surface area contributed by atoms with Gasteiger partial charge in [-0.25, -0.2) is 4.98 Å². The van der Waals surface area contributed by atoms with Crippen molar-refractivity contribution in [1.29, 1.82) is 0 Å². The highest BCUT2D eigenvalue weighted by Crippen LogP contribution is 2.17. The summed E-state index contributed by atoms with van der Waals surface area (Å²) in [6, 6.07) is 0.408. The van der Waals surface area contributed by atoms with Crippen molar-refractivity contribution in [1.82, 2.24) is 15.3 Å². The third kappa shape index (κ3) is 2.34. The number of nitrogens with zero attached hydrogens (tertiary/aromatic N) is 1. The van der Waals surface area contributed by atoms with Gasteiger partial charge < -0.3 is 10.3 Å². The molecule has 0 radical (unpaired) electrons. The Hall–Kier alpha value is -1.32. The van der Waals surface area contributed by atoms with Gasteiger partial charge in [0.1, 0.15) is 0 Å². The number of nitrogens with one attached hydrogen (secondary N) is 2. The summed E-state index contributed by atoms with van der Waals surface area (Å²) in [5.74, 6) is 0.0983. The van der Waals surface area contributed by atoms with Crippen LogP contribution in [0.4, 0.5) is 0 Å². The molecule has 4 heteroatoms. The van der Waals surface area contributed by atoms with Crippen molar-refractivity contribution < 1.29 is 4.79 Å². The number of hydrogen-bond donors (Lipinski definition) is 2. The minimum atomic E-state index is 0.0983. The summed E-state index contributed by atoms with van der Waals surface area (Å²) in [7, 11) is 0. The number of aromatic amines is 1. The molecule has 1 aliphatic rings. The number of imidazole rings is 1. The minimum Gasteiger partial charge on any atom is -0.353 e. The fraction of sp³-hybridized carbons (Fsp3) is 0.600. The number of amides is 1. The molecule has 14 heavy (non-hydrogen) atoms. The molecule has 2 rings (SSSR count). The zero-order valence-corrected chi connectivity index (χ0v) is 8.12. The Morgan fingerprint density at radius 1 is 1.57 bits per heavy atom. The largest absolute Gasteiger partial charge is 0.353 e. The zero-order chi connectivity index (χ0) is 9.80. The maximum Gasteiger partial charge on any atom is 0.226 e. The Bertz CT molecular complexity index is 288. The van der Waals surface area contributed by atoms with Gasteiger partial charge >= 0.3 is 0 Å². The molecule has 1 aromatic heterocycles. The quantitative estimate of drug-likeness (QED) is 0.752. The number of hydrogen-bond acceptors (Lipinski definition) is 2. The first kappa shape index (κ1) is 9.24. The molecule has 0 saturated heterocycles. The van der Waals surface area contributed by atoms with E-state index in [0.717, 1.165) is 18.5 Å². The van der Waals surface area contributed by atoms with Crippen molar-refractivity contribution in [2.75, 3.05) is 0 Å². The van der Waals surface area contributed by atoms with Crippen molar-refractivity contribution in [3.05, 3.63) is 18.2 Å². The van der Waals surface area contributed by atoms with E-state index >= 15 is 0 Å². The highest BCUT2D eigenvalue weighted by Gasteiger charge is 2.17. The lowest BCUT2D eigenvalue weighted by atomic mass is 10.2. The maximum atomic E-state index is 11.5. The zero-order valence-electron chi connectivity index (χ0n) is 8.12. The molecule has 1 fully saturated rings. The molecule has 1 heterocycles. The van der Waals surface area contributed by atoms with Gasteiger partial charge in [-0.15, -0.1) is 0 Å². The molecule has 2 N–H and O–H groups in total. The number of carbonyl (C=O) groups excluding carboxylic acids is 1. The second-order valence-corrected chi connectivity index (χ2v) is 3.80. The van der Waals surface area contributed by atoms with Crippen LogP contribution in [-0.2, 0) is 11.2 Å². The van der Waals surface area contributed by atoms with Crippen molar-refractivity contribution in [2.24, 2.45) is 0 Å². The molecule has 0 aliphatic heterocycles. The Morgan fingerprint density at radius 2 is 2.36 bits per heavy atom. The molecular formula is C10H15N3O. The standard InChI is InChI=1S/C10H15N3O/c14-10(5-9-6-11-7-12-9)13-8-3-1-2-4-8/h6-8H,1-5H2,(H,11,12)(H,13,14). The van der Waals surface area contributed by atoms with Crippen molar-refractivity contribution in [3.63, 3.8) is 0 Å². The molecule has 1 aliphatic carbocycles. The van der Waals surface area contributed by atoms with Gasteiger partial charge in [-0.3, -0.25) is 4.79 Å². The van der Waals surface area contributed by atoms with Gasteiger partial charge in [0.25, 0.3) is 0 Å². The topological polar surface area (TPSA) is 57.8 Å². The van der Waals surface area contributed by atoms with Crippen molar-refractivity contribution in [3.8, 4) is 0 Å². The average molecular weight is 193 g/mol. The first-order chi connectivity index (χ1) is 6.84. The smallest absolute Gasteiger partial charge is 0.226 e. The Labute approximate surface area is 83.1 Å². The van der Waals surface area contributed by atoms with Gasteiger partial charge in [-0.2, -0.15) is 0 Å². The van der Waals surface area contributed by atoms with Crippen LogP contribution < -0.4 is 5.32 Å². The van der Waals surface area contributed by atoms with Crippen molar-refractivity contribution in [2.45, 2.75) is 38.1 Å². The second kappa shape index (κ2) is 4.26. The molecule has 1 aromatic rings. The van der Waals surface area contributed by atoms with Crippen LogP contribution in [0.2, 0.25) is 0 Å². The van der Waals surface area contributed by atoms with E-state index in [9.17, 15) is 4.79 Å². The van der Waals surface area contributed by atoms with Gasteiger partial charge in [0, 0.05) is 17.9 Å². The van der Waals surface area contributed by atoms with Gasteiger partial charge in [0.05, 0.1) is 12.7 Å². The molecule has 0 bridgehead atoms. The SMILES string of the molecule is O=C(Cc1cnc[nH]1)NC1CCCC1. The van der Waals surface area contributed by atoms with E-state index in [1.807, 2.05) is 0 Å². The summed E-state index contributed by atoms with van der Waals surface area (Å²) >= 11 is 0. The summed E-state index contributed by atoms with van der Waals surface area (Å²) < 4.78 is 0. The molecule has 1 amide bonds. The summed E-state index contributed by atoms with van der Waals surface area (Å²) in [4.78, 5) is 18.3. The number of rotatable bonds is 3. The summed E-state index contributed by atoms with van der Waals surface area (Å²) in [6.07, 6.45) is 8.45. The van der Waals surface area contributed by atoms with Crippen LogP contribution in [0.15, 0.2) is 12.5 Å². The molecule has 76 valence electrons. The van der Waals surface area contributed by atoms with Crippen LogP contribution in [0.1, 0.15) is 31.4 Å². The Balaban J connectivity index is 1.78. The summed E-state index contributed by atoms with van der Waals surface area (Å²) in [5, 5.41) is 3.03. The van der Waals surface area contributed by atoms with Gasteiger partial charge in [0.2, 0.25) is 5.91 Å². The van der Waals surface area contributed by atoms with Crippen LogP contribution in [0.25, 0.3) is 0 Å². The lowest BCUT2D eigenvalue weighted by Gasteiger charge is -2.10. The van der Waals surface area contributed by atoms with E-state index in [1.165, 1.54) is 12.8 Å². The fourth-order valence-electron chi connectivity index (χ4n) is 1.90. The molecule has 1 saturated carbocycles. The first-order valence-electron chi connectivity index (χ1n) is 5.11. The van der Waals surface area contributed by atoms with Crippen LogP contribution in [0.3, 0.4) is 0 Å². The van der Waals surface area contributed by atoms with E-state index < -0.39 is 0 Å². The molecule has 0 spiro atoms. The molecule has 0 atom stereocenters. The second-order valence-electron chi connectivity index (χ2n) is 3.80. The molecule has 0 unspecified atom stereocenters. The van der Waals surface area contributed by atoms with E-state index in [4.69, 9.17) is 0 Å². The fourth-order valence-corrected chi connectivity index (χ4v) is 1.90. The van der Waals surface area contributed by atoms with Gasteiger partial charge in [-0.1, -0.05) is 12.8 Å². The van der Waals surface area contributed by atoms with E-state index in [2.05, 4.69) is 15.3 Å². The number of H-pyrrole nitrogens is 1. The predicted octanol–water partition coefficient (Wildman–Crippen LogP) is 1.01. The van der Waals surface area contributed by atoms with Crippen LogP contribution in [-0.4, -0.2) is 21.9 Å². The summed E-state index contributed by atoms with van der Waals surface area (Å²) in [6.45, 7) is 0. The van der Waals surface area contributed by atoms with E-state index in [-0.39, 0.29) is 5.91 Å². The first-order valence-corrected chi connectivity index (χ1v) is 5.11. The highest BCUT2D eigenvalue weighted by atomic mass is 16.1. The highest BCUT2D eigenvalue weighted by molar-refractivity contribution is 5.78. The average Bonchev–Trinajstić information content (AvgIpc) is 2.76. The van der Waals surface area contributed by atoms with Crippen molar-refractivity contribution >= 4 is 5.91 Å². The lowest BCUT2D eigenvalue weighted by molar-refractivity contribution is -0.121. The predicted molar refractivity (Wildman–Crippen MR) is 52.7 cm³/mol. The normalized spacial score (nSPS) is 17.1. The van der Waals surface area contributed by atoms with Crippen LogP contribution in [0.5, 0.6) is 0 Å². The van der Waals surface area contributed by atoms with Crippen LogP contribution >= 0.6 is 0 Å². The third-order valence-electron chi connectivity index (χ3n) is 2.63. The van der Waals surface area contributed by atoms with Gasteiger partial charge in [-0.05, 0) is 12.8 Å².